The van der Waals surface area contributed by atoms with Crippen molar-refractivity contribution < 1.29 is 0 Å². The van der Waals surface area contributed by atoms with Gasteiger partial charge in [-0.2, -0.15) is 10.2 Å². The van der Waals surface area contributed by atoms with E-state index in [0.29, 0.717) is 29.7 Å². The fraction of sp³-hybridized carbons (Fsp3) is 0.625. The average Bonchev–Trinajstić information content (AvgIpc) is 2.87. The van der Waals surface area contributed by atoms with E-state index >= 15 is 0 Å². The Hall–Kier alpha value is -2.40. The number of aromatic nitrogens is 4. The molecule has 0 unspecified atom stereocenters. The highest BCUT2D eigenvalue weighted by molar-refractivity contribution is 5.84. The fourth-order valence-electron chi connectivity index (χ4n) is 3.32. The number of rotatable bonds is 3. The Balaban J connectivity index is 2.27. The van der Waals surface area contributed by atoms with Crippen LogP contribution in [0.15, 0.2) is 4.79 Å². The zero-order chi connectivity index (χ0) is 17.4. The van der Waals surface area contributed by atoms with Gasteiger partial charge in [-0.3, -0.25) is 4.57 Å². The summed E-state index contributed by atoms with van der Waals surface area (Å²) < 4.78 is 3.45. The Morgan fingerprint density at radius 3 is 2.79 bits per heavy atom. The number of nitrogens with zero attached hydrogens (tertiary/aromatic N) is 6. The Labute approximate surface area is 140 Å². The number of fused-ring (bicyclic) bond motifs is 1. The lowest BCUT2D eigenvalue weighted by molar-refractivity contribution is 0.422. The van der Waals surface area contributed by atoms with E-state index in [1.54, 1.807) is 4.57 Å². The maximum Gasteiger partial charge on any atom is 0.351 e. The largest absolute Gasteiger partial charge is 0.351 e. The van der Waals surface area contributed by atoms with E-state index in [1.807, 2.05) is 18.5 Å². The molecule has 2 aromatic heterocycles. The molecule has 0 spiro atoms. The van der Waals surface area contributed by atoms with Crippen LogP contribution in [0.5, 0.6) is 0 Å². The van der Waals surface area contributed by atoms with Gasteiger partial charge in [-0.15, -0.1) is 0 Å². The first-order valence-corrected chi connectivity index (χ1v) is 8.31. The van der Waals surface area contributed by atoms with Gasteiger partial charge < -0.3 is 14.8 Å². The van der Waals surface area contributed by atoms with Crippen LogP contribution in [0.4, 0.5) is 5.82 Å². The minimum absolute atomic E-state index is 0.204. The van der Waals surface area contributed by atoms with Gasteiger partial charge in [0.25, 0.3) is 0 Å². The predicted octanol–water partition coefficient (Wildman–Crippen LogP) is 0.403. The number of hydrogen-bond donors (Lipinski definition) is 1. The summed E-state index contributed by atoms with van der Waals surface area (Å²) in [6.07, 6.45) is 0.204. The van der Waals surface area contributed by atoms with Crippen molar-refractivity contribution in [3.8, 4) is 6.07 Å². The third-order valence-electron chi connectivity index (χ3n) is 4.65. The van der Waals surface area contributed by atoms with E-state index in [0.717, 1.165) is 18.7 Å². The van der Waals surface area contributed by atoms with Gasteiger partial charge in [-0.1, -0.05) is 0 Å². The van der Waals surface area contributed by atoms with Gasteiger partial charge >= 0.3 is 5.69 Å². The van der Waals surface area contributed by atoms with Gasteiger partial charge in [-0.05, 0) is 20.8 Å². The molecule has 1 aliphatic heterocycles. The zero-order valence-electron chi connectivity index (χ0n) is 14.6. The van der Waals surface area contributed by atoms with Crippen molar-refractivity contribution in [3.63, 3.8) is 0 Å². The van der Waals surface area contributed by atoms with Crippen LogP contribution in [-0.2, 0) is 20.0 Å². The number of anilines is 1. The van der Waals surface area contributed by atoms with Gasteiger partial charge in [0.05, 0.1) is 12.5 Å². The first kappa shape index (κ1) is 16.5. The summed E-state index contributed by atoms with van der Waals surface area (Å²) in [7, 11) is 1.85. The summed E-state index contributed by atoms with van der Waals surface area (Å²) in [5.41, 5.74) is 1.16. The monoisotopic (exact) mass is 329 g/mol. The fourth-order valence-corrected chi connectivity index (χ4v) is 3.32. The number of imidazole rings is 1. The first-order valence-electron chi connectivity index (χ1n) is 8.31. The smallest absolute Gasteiger partial charge is 0.349 e. The third kappa shape index (κ3) is 2.55. The second kappa shape index (κ2) is 6.24. The molecule has 1 aliphatic rings. The summed E-state index contributed by atoms with van der Waals surface area (Å²) in [6, 6.07) is 2.67. The third-order valence-corrected chi connectivity index (χ3v) is 4.65. The zero-order valence-corrected chi connectivity index (χ0v) is 14.6. The Bertz CT molecular complexity index is 860. The molecule has 0 bridgehead atoms. The maximum absolute atomic E-state index is 12.5. The topological polar surface area (TPSA) is 91.8 Å². The van der Waals surface area contributed by atoms with E-state index in [-0.39, 0.29) is 18.2 Å². The highest BCUT2D eigenvalue weighted by atomic mass is 16.1. The molecule has 0 saturated carbocycles. The van der Waals surface area contributed by atoms with Gasteiger partial charge in [0.15, 0.2) is 5.82 Å². The molecule has 0 aromatic carbocycles. The van der Waals surface area contributed by atoms with Gasteiger partial charge in [0, 0.05) is 38.8 Å². The van der Waals surface area contributed by atoms with Crippen molar-refractivity contribution in [1.82, 2.24) is 24.4 Å². The summed E-state index contributed by atoms with van der Waals surface area (Å²) >= 11 is 0. The number of nitrogens with one attached hydrogen (secondary N) is 1. The Morgan fingerprint density at radius 2 is 2.12 bits per heavy atom. The molecule has 2 atom stereocenters. The van der Waals surface area contributed by atoms with Crippen molar-refractivity contribution in [2.24, 2.45) is 7.05 Å². The summed E-state index contributed by atoms with van der Waals surface area (Å²) in [5.74, 6) is 1.28. The molecule has 0 aliphatic carbocycles. The van der Waals surface area contributed by atoms with Crippen LogP contribution in [0.2, 0.25) is 0 Å². The second-order valence-electron chi connectivity index (χ2n) is 6.37. The molecule has 24 heavy (non-hydrogen) atoms. The van der Waals surface area contributed by atoms with Crippen molar-refractivity contribution in [2.75, 3.05) is 18.0 Å². The normalized spacial score (nSPS) is 21.2. The van der Waals surface area contributed by atoms with Gasteiger partial charge in [0.1, 0.15) is 17.0 Å². The van der Waals surface area contributed by atoms with Crippen LogP contribution in [0.3, 0.4) is 0 Å². The minimum atomic E-state index is -0.273. The van der Waals surface area contributed by atoms with Crippen molar-refractivity contribution in [3.05, 3.63) is 16.3 Å². The molecule has 1 saturated heterocycles. The van der Waals surface area contributed by atoms with Crippen LogP contribution >= 0.6 is 0 Å². The maximum atomic E-state index is 12.5. The summed E-state index contributed by atoms with van der Waals surface area (Å²) in [4.78, 5) is 23.7. The number of hydrogen-bond acceptors (Lipinski definition) is 6. The highest BCUT2D eigenvalue weighted by Gasteiger charge is 2.28. The molecule has 128 valence electrons. The lowest BCUT2D eigenvalue weighted by Gasteiger charge is -2.38. The van der Waals surface area contributed by atoms with Crippen LogP contribution in [-0.4, -0.2) is 44.3 Å². The van der Waals surface area contributed by atoms with E-state index in [4.69, 9.17) is 5.26 Å². The Kier molecular flexibility index (Phi) is 4.28. The number of piperazine rings is 1. The molecule has 0 amide bonds. The highest BCUT2D eigenvalue weighted by Crippen LogP contribution is 2.26. The van der Waals surface area contributed by atoms with Crippen LogP contribution < -0.4 is 15.9 Å². The molecule has 8 nitrogen and oxygen atoms in total. The molecule has 8 heteroatoms. The van der Waals surface area contributed by atoms with E-state index < -0.39 is 0 Å². The van der Waals surface area contributed by atoms with Crippen LogP contribution in [0.1, 0.15) is 26.6 Å². The molecule has 2 aromatic rings. The van der Waals surface area contributed by atoms with E-state index in [2.05, 4.69) is 40.1 Å². The molecular formula is C16H23N7O. The lowest BCUT2D eigenvalue weighted by Crippen LogP contribution is -2.55. The van der Waals surface area contributed by atoms with Crippen molar-refractivity contribution >= 4 is 17.0 Å². The molecule has 0 radical (unpaired) electrons. The lowest BCUT2D eigenvalue weighted by atomic mass is 10.1. The second-order valence-corrected chi connectivity index (χ2v) is 6.37. The van der Waals surface area contributed by atoms with Crippen LogP contribution in [0.25, 0.3) is 11.2 Å². The molecular weight excluding hydrogens is 306 g/mol. The molecule has 3 heterocycles. The van der Waals surface area contributed by atoms with E-state index in [9.17, 15) is 4.79 Å². The van der Waals surface area contributed by atoms with E-state index in [1.165, 1.54) is 0 Å². The van der Waals surface area contributed by atoms with Crippen molar-refractivity contribution in [1.29, 1.82) is 5.26 Å². The average molecular weight is 329 g/mol. The molecule has 1 fully saturated rings. The molecule has 3 rings (SSSR count). The summed E-state index contributed by atoms with van der Waals surface area (Å²) in [5, 5.41) is 12.5. The first-order chi connectivity index (χ1) is 11.5. The standard InChI is InChI=1S/C16H23N7O/c1-5-22-15-13(19-12(6-7-17)21(15)4)14(20-16(22)24)23-9-10(2)18-8-11(23)3/h10-11,18H,5-6,8-9H2,1-4H3/t10-,11+/m1/s1. The Morgan fingerprint density at radius 1 is 1.38 bits per heavy atom. The van der Waals surface area contributed by atoms with Gasteiger partial charge in [-0.25, -0.2) is 9.78 Å². The SMILES string of the molecule is CCn1c(=O)nc(N2C[C@@H](C)NC[C@@H]2C)c2nc(CC#N)n(C)c21. The summed E-state index contributed by atoms with van der Waals surface area (Å²) in [6.45, 7) is 8.25. The van der Waals surface area contributed by atoms with Crippen molar-refractivity contribution in [2.45, 2.75) is 45.8 Å². The number of nitriles is 1. The molecule has 1 N–H and O–H groups in total. The van der Waals surface area contributed by atoms with Gasteiger partial charge in [0.2, 0.25) is 0 Å². The number of aryl methyl sites for hydroxylation is 2. The quantitative estimate of drug-likeness (QED) is 0.876. The predicted molar refractivity (Wildman–Crippen MR) is 92.0 cm³/mol. The minimum Gasteiger partial charge on any atom is -0.349 e. The van der Waals surface area contributed by atoms with Crippen LogP contribution in [0, 0.1) is 11.3 Å².